The fraction of sp³-hybridized carbons (Fsp3) is 0.733. The molecule has 0 bridgehead atoms. The maximum absolute atomic E-state index is 12.8. The molecule has 3 rings (SSSR count). The zero-order valence-electron chi connectivity index (χ0n) is 12.8. The van der Waals surface area contributed by atoms with Gasteiger partial charge in [0.05, 0.1) is 18.1 Å². The van der Waals surface area contributed by atoms with Gasteiger partial charge in [0.1, 0.15) is 0 Å². The molecule has 2 unspecified atom stereocenters. The van der Waals surface area contributed by atoms with Crippen LogP contribution in [0.3, 0.4) is 0 Å². The standard InChI is InChI=1S/C15H20ClNO5S/c1-17-11-10(7-8-16)13(19)23(21,22)15(11,14(17)20)12(18)9-5-3-2-4-6-9/h3,5,9-12,18H,2,4,6-8H2,1H3/t9-,10?,11+,12+,15?/m1/s1. The first-order valence-electron chi connectivity index (χ1n) is 7.78. The summed E-state index contributed by atoms with van der Waals surface area (Å²) in [4.78, 5) is 26.2. The minimum Gasteiger partial charge on any atom is -0.390 e. The molecular formula is C15H20ClNO5S. The number of rotatable bonds is 4. The Morgan fingerprint density at radius 3 is 2.74 bits per heavy atom. The lowest BCUT2D eigenvalue weighted by atomic mass is 9.70. The van der Waals surface area contributed by atoms with Crippen molar-refractivity contribution >= 4 is 32.5 Å². The number of β-lactam (4-membered cyclic amide) rings is 1. The maximum Gasteiger partial charge on any atom is 0.252 e. The van der Waals surface area contributed by atoms with Crippen molar-refractivity contribution in [2.24, 2.45) is 11.8 Å². The third-order valence-corrected chi connectivity index (χ3v) is 8.06. The first kappa shape index (κ1) is 16.9. The summed E-state index contributed by atoms with van der Waals surface area (Å²) in [6.07, 6.45) is 4.72. The van der Waals surface area contributed by atoms with E-state index in [4.69, 9.17) is 11.6 Å². The van der Waals surface area contributed by atoms with E-state index >= 15 is 0 Å². The van der Waals surface area contributed by atoms with Crippen LogP contribution in [0.4, 0.5) is 0 Å². The van der Waals surface area contributed by atoms with E-state index in [0.717, 1.165) is 12.8 Å². The van der Waals surface area contributed by atoms with Crippen LogP contribution in [0.25, 0.3) is 0 Å². The number of carbonyl (C=O) groups is 2. The van der Waals surface area contributed by atoms with Crippen LogP contribution < -0.4 is 0 Å². The largest absolute Gasteiger partial charge is 0.390 e. The number of aliphatic hydroxyl groups excluding tert-OH is 1. The third-order valence-electron chi connectivity index (χ3n) is 5.46. The number of amides is 1. The molecule has 23 heavy (non-hydrogen) atoms. The molecule has 1 N–H and O–H groups in total. The molecule has 8 heteroatoms. The number of alkyl halides is 1. The predicted molar refractivity (Wildman–Crippen MR) is 84.5 cm³/mol. The fourth-order valence-electron chi connectivity index (χ4n) is 4.36. The van der Waals surface area contributed by atoms with Crippen molar-refractivity contribution in [3.05, 3.63) is 12.2 Å². The molecule has 1 amide bonds. The van der Waals surface area contributed by atoms with Crippen molar-refractivity contribution < 1.29 is 23.1 Å². The number of aliphatic hydroxyl groups is 1. The van der Waals surface area contributed by atoms with Gasteiger partial charge in [-0.25, -0.2) is 8.42 Å². The highest BCUT2D eigenvalue weighted by molar-refractivity contribution is 8.08. The molecule has 2 heterocycles. The van der Waals surface area contributed by atoms with Gasteiger partial charge >= 0.3 is 0 Å². The number of sulfone groups is 1. The Bertz CT molecular complexity index is 675. The van der Waals surface area contributed by atoms with Gasteiger partial charge in [-0.2, -0.15) is 0 Å². The zero-order valence-corrected chi connectivity index (χ0v) is 14.4. The molecule has 3 aliphatic rings. The summed E-state index contributed by atoms with van der Waals surface area (Å²) in [5, 5.41) is 9.86. The SMILES string of the molecule is CN1C(=O)C2([C@@H](O)[C@@H]3C=CCCC3)[C@@H]1C(CCCl)C(=O)S2(=O)=O. The summed E-state index contributed by atoms with van der Waals surface area (Å²) < 4.78 is 23.5. The number of nitrogens with zero attached hydrogens (tertiary/aromatic N) is 1. The Morgan fingerprint density at radius 1 is 1.48 bits per heavy atom. The summed E-state index contributed by atoms with van der Waals surface area (Å²) in [5.41, 5.74) is 0. The van der Waals surface area contributed by atoms with E-state index in [2.05, 4.69) is 0 Å². The Kier molecular flexibility index (Phi) is 4.09. The van der Waals surface area contributed by atoms with E-state index in [1.54, 1.807) is 6.08 Å². The molecule has 0 saturated carbocycles. The Hall–Kier alpha value is -0.920. The molecule has 0 aromatic carbocycles. The Labute approximate surface area is 140 Å². The van der Waals surface area contributed by atoms with Gasteiger partial charge in [-0.05, 0) is 25.7 Å². The minimum absolute atomic E-state index is 0.125. The molecule has 2 fully saturated rings. The highest BCUT2D eigenvalue weighted by atomic mass is 35.5. The number of hydrogen-bond donors (Lipinski definition) is 1. The highest BCUT2D eigenvalue weighted by Crippen LogP contribution is 2.53. The number of fused-ring (bicyclic) bond motifs is 1. The normalized spacial score (nSPS) is 40.0. The second-order valence-corrected chi connectivity index (χ2v) is 8.99. The maximum atomic E-state index is 12.8. The van der Waals surface area contributed by atoms with E-state index in [1.807, 2.05) is 6.08 Å². The van der Waals surface area contributed by atoms with Crippen LogP contribution in [0.15, 0.2) is 12.2 Å². The molecule has 0 aromatic rings. The lowest BCUT2D eigenvalue weighted by molar-refractivity contribution is -0.161. The van der Waals surface area contributed by atoms with E-state index in [-0.39, 0.29) is 12.3 Å². The van der Waals surface area contributed by atoms with E-state index < -0.39 is 49.6 Å². The minimum atomic E-state index is -4.40. The lowest BCUT2D eigenvalue weighted by Crippen LogP contribution is -2.79. The number of allylic oxidation sites excluding steroid dienone is 1. The molecule has 0 radical (unpaired) electrons. The average molecular weight is 362 g/mol. The van der Waals surface area contributed by atoms with E-state index in [1.165, 1.54) is 11.9 Å². The van der Waals surface area contributed by atoms with Gasteiger partial charge < -0.3 is 10.0 Å². The molecular weight excluding hydrogens is 342 g/mol. The molecule has 2 aliphatic heterocycles. The number of halogens is 1. The molecule has 0 spiro atoms. The summed E-state index contributed by atoms with van der Waals surface area (Å²) >= 11 is 5.71. The van der Waals surface area contributed by atoms with Crippen LogP contribution in [0.5, 0.6) is 0 Å². The summed E-state index contributed by atoms with van der Waals surface area (Å²) in [7, 11) is -2.93. The number of hydrogen-bond acceptors (Lipinski definition) is 5. The lowest BCUT2D eigenvalue weighted by Gasteiger charge is -2.53. The summed E-state index contributed by atoms with van der Waals surface area (Å²) in [5.74, 6) is -1.84. The number of likely N-dealkylation sites (tertiary alicyclic amines) is 1. The van der Waals surface area contributed by atoms with Crippen LogP contribution in [0.2, 0.25) is 0 Å². The van der Waals surface area contributed by atoms with Gasteiger partial charge in [0, 0.05) is 18.8 Å². The zero-order chi connectivity index (χ0) is 17.0. The van der Waals surface area contributed by atoms with Gasteiger partial charge in [0.15, 0.2) is 0 Å². The van der Waals surface area contributed by atoms with Crippen molar-refractivity contribution in [2.45, 2.75) is 42.6 Å². The number of carbonyl (C=O) groups excluding carboxylic acids is 2. The summed E-state index contributed by atoms with van der Waals surface area (Å²) in [6, 6.07) is -0.823. The van der Waals surface area contributed by atoms with Crippen LogP contribution >= 0.6 is 11.6 Å². The van der Waals surface area contributed by atoms with Crippen molar-refractivity contribution in [1.82, 2.24) is 4.90 Å². The summed E-state index contributed by atoms with van der Waals surface area (Å²) in [6.45, 7) is 0. The fourth-order valence-corrected chi connectivity index (χ4v) is 7.08. The Morgan fingerprint density at radius 2 is 2.17 bits per heavy atom. The second-order valence-electron chi connectivity index (χ2n) is 6.53. The second kappa shape index (κ2) is 5.57. The quantitative estimate of drug-likeness (QED) is 0.447. The molecule has 128 valence electrons. The topological polar surface area (TPSA) is 91.8 Å². The van der Waals surface area contributed by atoms with Crippen molar-refractivity contribution in [3.63, 3.8) is 0 Å². The molecule has 6 nitrogen and oxygen atoms in total. The first-order chi connectivity index (χ1) is 10.8. The third kappa shape index (κ3) is 1.93. The first-order valence-corrected chi connectivity index (χ1v) is 9.80. The molecule has 0 aromatic heterocycles. The van der Waals surface area contributed by atoms with Gasteiger partial charge in [-0.15, -0.1) is 11.6 Å². The van der Waals surface area contributed by atoms with Crippen molar-refractivity contribution in [2.75, 3.05) is 12.9 Å². The van der Waals surface area contributed by atoms with Crippen LogP contribution in [-0.2, 0) is 19.4 Å². The van der Waals surface area contributed by atoms with Crippen molar-refractivity contribution in [3.8, 4) is 0 Å². The van der Waals surface area contributed by atoms with Crippen LogP contribution in [0, 0.1) is 11.8 Å². The monoisotopic (exact) mass is 361 g/mol. The van der Waals surface area contributed by atoms with Gasteiger partial charge in [-0.1, -0.05) is 12.2 Å². The van der Waals surface area contributed by atoms with Crippen LogP contribution in [-0.4, -0.2) is 59.3 Å². The predicted octanol–water partition coefficient (Wildman–Crippen LogP) is 0.483. The van der Waals surface area contributed by atoms with Crippen LogP contribution in [0.1, 0.15) is 25.7 Å². The molecule has 5 atom stereocenters. The van der Waals surface area contributed by atoms with E-state index in [0.29, 0.717) is 6.42 Å². The average Bonchev–Trinajstić information content (AvgIpc) is 2.71. The van der Waals surface area contributed by atoms with E-state index in [9.17, 15) is 23.1 Å². The van der Waals surface area contributed by atoms with Gasteiger partial charge in [-0.3, -0.25) is 9.59 Å². The Balaban J connectivity index is 2.10. The molecule has 1 aliphatic carbocycles. The van der Waals surface area contributed by atoms with Gasteiger partial charge in [0.2, 0.25) is 20.5 Å². The highest BCUT2D eigenvalue weighted by Gasteiger charge is 2.80. The van der Waals surface area contributed by atoms with Crippen molar-refractivity contribution in [1.29, 1.82) is 0 Å². The molecule has 2 saturated heterocycles. The van der Waals surface area contributed by atoms with Gasteiger partial charge in [0.25, 0.3) is 5.12 Å². The smallest absolute Gasteiger partial charge is 0.252 e.